The zero-order chi connectivity index (χ0) is 13.7. The minimum atomic E-state index is -0.675. The summed E-state index contributed by atoms with van der Waals surface area (Å²) in [6.07, 6.45) is 2.83. The Kier molecular flexibility index (Phi) is 4.52. The molecule has 100 valence electrons. The Morgan fingerprint density at radius 3 is 2.89 bits per heavy atom. The van der Waals surface area contributed by atoms with Crippen LogP contribution in [-0.4, -0.2) is 16.3 Å². The number of thioether (sulfide) groups is 1. The average molecular weight is 273 g/mol. The summed E-state index contributed by atoms with van der Waals surface area (Å²) in [5.74, 6) is 1.05. The highest BCUT2D eigenvalue weighted by molar-refractivity contribution is 7.99. The Labute approximate surface area is 118 Å². The van der Waals surface area contributed by atoms with Crippen LogP contribution in [0, 0.1) is 11.3 Å². The van der Waals surface area contributed by atoms with E-state index in [1.165, 1.54) is 15.9 Å². The first-order valence-electron chi connectivity index (χ1n) is 6.51. The van der Waals surface area contributed by atoms with Gasteiger partial charge in [0.2, 0.25) is 0 Å². The van der Waals surface area contributed by atoms with Crippen LogP contribution in [0.25, 0.3) is 10.9 Å². The van der Waals surface area contributed by atoms with Gasteiger partial charge in [0.1, 0.15) is 5.54 Å². The lowest BCUT2D eigenvalue weighted by Crippen LogP contribution is -2.33. The number of unbranched alkanes of at least 4 members (excludes halogenated alkanes) is 1. The van der Waals surface area contributed by atoms with E-state index in [1.807, 2.05) is 17.8 Å². The molecule has 1 aromatic heterocycles. The van der Waals surface area contributed by atoms with Crippen LogP contribution in [0.15, 0.2) is 35.4 Å². The van der Waals surface area contributed by atoms with Gasteiger partial charge in [-0.25, -0.2) is 0 Å². The highest BCUT2D eigenvalue weighted by atomic mass is 32.2. The maximum atomic E-state index is 8.82. The molecule has 0 saturated carbocycles. The third-order valence-corrected chi connectivity index (χ3v) is 4.13. The summed E-state index contributed by atoms with van der Waals surface area (Å²) in [6, 6.07) is 12.6. The summed E-state index contributed by atoms with van der Waals surface area (Å²) in [5, 5.41) is 11.3. The summed E-state index contributed by atoms with van der Waals surface area (Å²) in [4.78, 5) is 3.40. The van der Waals surface area contributed by atoms with Gasteiger partial charge >= 0.3 is 0 Å². The molecule has 0 fully saturated rings. The number of hydrogen-bond donors (Lipinski definition) is 2. The fraction of sp³-hybridized carbons (Fsp3) is 0.400. The zero-order valence-corrected chi connectivity index (χ0v) is 12.0. The number of fused-ring (bicyclic) bond motifs is 1. The molecule has 1 unspecified atom stereocenters. The smallest absolute Gasteiger partial charge is 0.101 e. The standard InChI is InChI=1S/C15H19N3S/c1-15(17,11-16)8-4-5-9-19-14-10-12-6-2-3-7-13(12)18-14/h2-3,6-7,10,18H,4-5,8-9,17H2,1H3. The van der Waals surface area contributed by atoms with Gasteiger partial charge in [-0.1, -0.05) is 18.2 Å². The summed E-state index contributed by atoms with van der Waals surface area (Å²) in [5.41, 5.74) is 6.30. The minimum absolute atomic E-state index is 0.675. The lowest BCUT2D eigenvalue weighted by Gasteiger charge is -2.14. The first kappa shape index (κ1) is 14.0. The van der Waals surface area contributed by atoms with E-state index >= 15 is 0 Å². The van der Waals surface area contributed by atoms with E-state index in [2.05, 4.69) is 35.3 Å². The third-order valence-electron chi connectivity index (χ3n) is 3.11. The molecule has 19 heavy (non-hydrogen) atoms. The molecule has 1 heterocycles. The number of rotatable bonds is 6. The number of aromatic amines is 1. The SMILES string of the molecule is CC(N)(C#N)CCCCSc1cc2ccccc2[nH]1. The van der Waals surface area contributed by atoms with Crippen molar-refractivity contribution in [3.8, 4) is 6.07 Å². The lowest BCUT2D eigenvalue weighted by atomic mass is 9.99. The molecule has 3 N–H and O–H groups in total. The van der Waals surface area contributed by atoms with E-state index in [-0.39, 0.29) is 0 Å². The van der Waals surface area contributed by atoms with Crippen LogP contribution in [0.2, 0.25) is 0 Å². The molecule has 0 aliphatic rings. The van der Waals surface area contributed by atoms with Crippen LogP contribution in [-0.2, 0) is 0 Å². The van der Waals surface area contributed by atoms with E-state index in [4.69, 9.17) is 11.0 Å². The molecule has 2 rings (SSSR count). The Balaban J connectivity index is 1.76. The highest BCUT2D eigenvalue weighted by Gasteiger charge is 2.15. The van der Waals surface area contributed by atoms with Gasteiger partial charge in [-0.15, -0.1) is 11.8 Å². The third kappa shape index (κ3) is 4.02. The molecule has 0 amide bonds. The molecule has 0 bridgehead atoms. The summed E-state index contributed by atoms with van der Waals surface area (Å²) in [7, 11) is 0. The van der Waals surface area contributed by atoms with Crippen molar-refractivity contribution in [2.75, 3.05) is 5.75 Å². The van der Waals surface area contributed by atoms with Crippen LogP contribution in [0.3, 0.4) is 0 Å². The zero-order valence-electron chi connectivity index (χ0n) is 11.1. The molecule has 0 saturated heterocycles. The summed E-state index contributed by atoms with van der Waals surface area (Å²) in [6.45, 7) is 1.79. The van der Waals surface area contributed by atoms with Crippen molar-refractivity contribution >= 4 is 22.7 Å². The second-order valence-corrected chi connectivity index (χ2v) is 6.19. The Morgan fingerprint density at radius 2 is 2.16 bits per heavy atom. The van der Waals surface area contributed by atoms with Crippen molar-refractivity contribution in [2.24, 2.45) is 5.73 Å². The molecule has 2 aromatic rings. The Bertz CT molecular complexity index is 547. The molecule has 4 heteroatoms. The van der Waals surface area contributed by atoms with Gasteiger partial charge in [-0.3, -0.25) is 0 Å². The number of H-pyrrole nitrogens is 1. The number of aromatic nitrogens is 1. The van der Waals surface area contributed by atoms with Gasteiger partial charge in [0, 0.05) is 10.9 Å². The first-order chi connectivity index (χ1) is 9.11. The maximum Gasteiger partial charge on any atom is 0.101 e. The normalized spacial score (nSPS) is 14.2. The number of nitrogens with one attached hydrogen (secondary N) is 1. The van der Waals surface area contributed by atoms with E-state index < -0.39 is 5.54 Å². The predicted octanol–water partition coefficient (Wildman–Crippen LogP) is 3.67. The van der Waals surface area contributed by atoms with Crippen molar-refractivity contribution in [2.45, 2.75) is 36.8 Å². The van der Waals surface area contributed by atoms with Crippen LogP contribution in [0.4, 0.5) is 0 Å². The van der Waals surface area contributed by atoms with Gasteiger partial charge < -0.3 is 10.7 Å². The second-order valence-electron chi connectivity index (χ2n) is 5.06. The van der Waals surface area contributed by atoms with Gasteiger partial charge in [0.15, 0.2) is 0 Å². The van der Waals surface area contributed by atoms with E-state index in [0.717, 1.165) is 25.0 Å². The highest BCUT2D eigenvalue weighted by Crippen LogP contribution is 2.24. The van der Waals surface area contributed by atoms with Gasteiger partial charge in [0.25, 0.3) is 0 Å². The largest absolute Gasteiger partial charge is 0.350 e. The Hall–Kier alpha value is -1.44. The number of nitrogens with two attached hydrogens (primary N) is 1. The fourth-order valence-electron chi connectivity index (χ4n) is 1.96. The predicted molar refractivity (Wildman–Crippen MR) is 81.1 cm³/mol. The monoisotopic (exact) mass is 273 g/mol. The molecule has 0 aliphatic heterocycles. The molecule has 3 nitrogen and oxygen atoms in total. The fourth-order valence-corrected chi connectivity index (χ4v) is 2.92. The molecular formula is C15H19N3S. The summed E-state index contributed by atoms with van der Waals surface area (Å²) >= 11 is 1.83. The van der Waals surface area contributed by atoms with Crippen molar-refractivity contribution in [3.63, 3.8) is 0 Å². The van der Waals surface area contributed by atoms with Crippen molar-refractivity contribution < 1.29 is 0 Å². The van der Waals surface area contributed by atoms with Gasteiger partial charge in [-0.05, 0) is 44.1 Å². The number of hydrogen-bond acceptors (Lipinski definition) is 3. The topological polar surface area (TPSA) is 65.6 Å². The van der Waals surface area contributed by atoms with Gasteiger partial charge in [0.05, 0.1) is 11.1 Å². The molecule has 1 aromatic carbocycles. The minimum Gasteiger partial charge on any atom is -0.350 e. The number of para-hydroxylation sites is 1. The summed E-state index contributed by atoms with van der Waals surface area (Å²) < 4.78 is 0. The van der Waals surface area contributed by atoms with Crippen LogP contribution in [0.1, 0.15) is 26.2 Å². The second kappa shape index (κ2) is 6.14. The quantitative estimate of drug-likeness (QED) is 0.623. The van der Waals surface area contributed by atoms with Crippen LogP contribution >= 0.6 is 11.8 Å². The first-order valence-corrected chi connectivity index (χ1v) is 7.50. The lowest BCUT2D eigenvalue weighted by molar-refractivity contribution is 0.519. The van der Waals surface area contributed by atoms with Crippen LogP contribution < -0.4 is 5.73 Å². The number of nitriles is 1. The number of nitrogens with zero attached hydrogens (tertiary/aromatic N) is 1. The van der Waals surface area contributed by atoms with Crippen molar-refractivity contribution in [1.82, 2.24) is 4.98 Å². The molecular weight excluding hydrogens is 254 g/mol. The average Bonchev–Trinajstić information content (AvgIpc) is 2.81. The Morgan fingerprint density at radius 1 is 1.37 bits per heavy atom. The van der Waals surface area contributed by atoms with Gasteiger partial charge in [-0.2, -0.15) is 5.26 Å². The molecule has 0 radical (unpaired) electrons. The molecule has 0 aliphatic carbocycles. The maximum absolute atomic E-state index is 8.82. The van der Waals surface area contributed by atoms with E-state index in [1.54, 1.807) is 6.92 Å². The molecule has 1 atom stereocenters. The van der Waals surface area contributed by atoms with Crippen LogP contribution in [0.5, 0.6) is 0 Å². The van der Waals surface area contributed by atoms with Crippen molar-refractivity contribution in [1.29, 1.82) is 5.26 Å². The number of benzene rings is 1. The molecule has 0 spiro atoms. The van der Waals surface area contributed by atoms with Crippen molar-refractivity contribution in [3.05, 3.63) is 30.3 Å². The van der Waals surface area contributed by atoms with E-state index in [0.29, 0.717) is 0 Å². The van der Waals surface area contributed by atoms with E-state index in [9.17, 15) is 0 Å².